The zero-order valence-corrected chi connectivity index (χ0v) is 11.0. The van der Waals surface area contributed by atoms with Crippen LogP contribution in [0.3, 0.4) is 0 Å². The topological polar surface area (TPSA) is 54.4 Å². The molecule has 0 saturated carbocycles. The highest BCUT2D eigenvalue weighted by atomic mass is 32.2. The molecule has 2 aromatic rings. The van der Waals surface area contributed by atoms with E-state index >= 15 is 0 Å². The van der Waals surface area contributed by atoms with Gasteiger partial charge in [0.2, 0.25) is 0 Å². The van der Waals surface area contributed by atoms with Crippen molar-refractivity contribution in [2.75, 3.05) is 0 Å². The average Bonchev–Trinajstić information content (AvgIpc) is 2.34. The molecular formula is C13H10O3S2. The molecule has 0 saturated heterocycles. The van der Waals surface area contributed by atoms with Crippen LogP contribution in [0.5, 0.6) is 0 Å². The van der Waals surface area contributed by atoms with Crippen LogP contribution in [-0.4, -0.2) is 13.0 Å². The Bertz CT molecular complexity index is 721. The first-order valence-corrected chi connectivity index (χ1v) is 7.66. The number of fused-ring (bicyclic) bond motifs is 2. The molecule has 0 atom stereocenters. The molecule has 1 heterocycles. The summed E-state index contributed by atoms with van der Waals surface area (Å²) in [4.78, 5) is 2.20. The molecule has 0 spiro atoms. The summed E-state index contributed by atoms with van der Waals surface area (Å²) in [5.74, 6) is 0. The van der Waals surface area contributed by atoms with Crippen molar-refractivity contribution in [2.45, 2.75) is 21.1 Å². The van der Waals surface area contributed by atoms with E-state index in [1.165, 1.54) is 16.5 Å². The zero-order valence-electron chi connectivity index (χ0n) is 9.33. The normalized spacial score (nSPS) is 13.8. The zero-order chi connectivity index (χ0) is 12.8. The van der Waals surface area contributed by atoms with Gasteiger partial charge in [-0.3, -0.25) is 4.55 Å². The second-order valence-corrected chi connectivity index (χ2v) is 6.64. The molecule has 0 radical (unpaired) electrons. The van der Waals surface area contributed by atoms with Gasteiger partial charge in [-0.05, 0) is 41.8 Å². The Hall–Kier alpha value is -1.30. The maximum atomic E-state index is 11.1. The van der Waals surface area contributed by atoms with Crippen molar-refractivity contribution in [1.29, 1.82) is 0 Å². The van der Waals surface area contributed by atoms with Crippen LogP contribution >= 0.6 is 11.8 Å². The summed E-state index contributed by atoms with van der Waals surface area (Å²) in [6.07, 6.45) is 0.696. The smallest absolute Gasteiger partial charge is 0.282 e. The number of hydrogen-bond acceptors (Lipinski definition) is 3. The molecule has 1 N–H and O–H groups in total. The highest BCUT2D eigenvalue weighted by Crippen LogP contribution is 2.39. The van der Waals surface area contributed by atoms with Gasteiger partial charge in [0.15, 0.2) is 0 Å². The Morgan fingerprint density at radius 2 is 1.72 bits per heavy atom. The van der Waals surface area contributed by atoms with Gasteiger partial charge >= 0.3 is 0 Å². The number of rotatable bonds is 1. The van der Waals surface area contributed by atoms with Crippen LogP contribution in [0, 0.1) is 0 Å². The van der Waals surface area contributed by atoms with E-state index in [2.05, 4.69) is 6.07 Å². The first-order chi connectivity index (χ1) is 8.54. The number of hydrogen-bond donors (Lipinski definition) is 1. The van der Waals surface area contributed by atoms with Crippen LogP contribution < -0.4 is 0 Å². The van der Waals surface area contributed by atoms with Crippen LogP contribution in [0.1, 0.15) is 11.1 Å². The quantitative estimate of drug-likeness (QED) is 0.695. The van der Waals surface area contributed by atoms with E-state index in [-0.39, 0.29) is 4.90 Å². The van der Waals surface area contributed by atoms with E-state index in [1.54, 1.807) is 23.9 Å². The molecule has 92 valence electrons. The van der Waals surface area contributed by atoms with Gasteiger partial charge in [0.05, 0.1) is 4.90 Å². The molecule has 2 aromatic carbocycles. The van der Waals surface area contributed by atoms with Gasteiger partial charge in [-0.25, -0.2) is 0 Å². The third kappa shape index (κ3) is 2.05. The first-order valence-electron chi connectivity index (χ1n) is 5.40. The molecule has 0 bridgehead atoms. The monoisotopic (exact) mass is 278 g/mol. The molecule has 0 amide bonds. The van der Waals surface area contributed by atoms with Gasteiger partial charge < -0.3 is 0 Å². The lowest BCUT2D eigenvalue weighted by Crippen LogP contribution is -2.03. The highest BCUT2D eigenvalue weighted by Gasteiger charge is 2.18. The lowest BCUT2D eigenvalue weighted by atomic mass is 10.0. The van der Waals surface area contributed by atoms with E-state index in [4.69, 9.17) is 4.55 Å². The fourth-order valence-electron chi connectivity index (χ4n) is 2.03. The second-order valence-electron chi connectivity index (χ2n) is 4.13. The van der Waals surface area contributed by atoms with E-state index in [0.29, 0.717) is 6.42 Å². The second kappa shape index (κ2) is 4.12. The van der Waals surface area contributed by atoms with Crippen molar-refractivity contribution in [1.82, 2.24) is 0 Å². The summed E-state index contributed by atoms with van der Waals surface area (Å²) in [5.41, 5.74) is 2.12. The summed E-state index contributed by atoms with van der Waals surface area (Å²) < 4.78 is 31.3. The Labute approximate surface area is 110 Å². The van der Waals surface area contributed by atoms with Crippen molar-refractivity contribution in [3.8, 4) is 0 Å². The van der Waals surface area contributed by atoms with Crippen molar-refractivity contribution < 1.29 is 13.0 Å². The lowest BCUT2D eigenvalue weighted by molar-refractivity contribution is 0.483. The summed E-state index contributed by atoms with van der Waals surface area (Å²) >= 11 is 1.63. The van der Waals surface area contributed by atoms with Crippen molar-refractivity contribution in [2.24, 2.45) is 0 Å². The summed E-state index contributed by atoms with van der Waals surface area (Å²) in [5, 5.41) is 0. The Morgan fingerprint density at radius 1 is 1.00 bits per heavy atom. The minimum Gasteiger partial charge on any atom is -0.282 e. The SMILES string of the molecule is O=S(=O)(O)c1ccc2c(c1)Cc1ccccc1S2. The van der Waals surface area contributed by atoms with Crippen molar-refractivity contribution >= 4 is 21.9 Å². The average molecular weight is 278 g/mol. The largest absolute Gasteiger partial charge is 0.294 e. The van der Waals surface area contributed by atoms with Gasteiger partial charge in [0.25, 0.3) is 10.1 Å². The first kappa shape index (κ1) is 11.8. The Kier molecular flexibility index (Phi) is 2.69. The highest BCUT2D eigenvalue weighted by molar-refractivity contribution is 7.99. The van der Waals surface area contributed by atoms with Gasteiger partial charge in [0.1, 0.15) is 0 Å². The molecule has 18 heavy (non-hydrogen) atoms. The minimum absolute atomic E-state index is 0.0405. The number of benzene rings is 2. The predicted molar refractivity (Wildman–Crippen MR) is 69.6 cm³/mol. The van der Waals surface area contributed by atoms with Crippen molar-refractivity contribution in [3.05, 3.63) is 53.6 Å². The van der Waals surface area contributed by atoms with Crippen LogP contribution in [-0.2, 0) is 16.5 Å². The Morgan fingerprint density at radius 3 is 2.50 bits per heavy atom. The molecule has 1 aliphatic heterocycles. The fourth-order valence-corrected chi connectivity index (χ4v) is 3.61. The summed E-state index contributed by atoms with van der Waals surface area (Å²) in [7, 11) is -4.12. The molecule has 0 aliphatic carbocycles. The molecular weight excluding hydrogens is 268 g/mol. The molecule has 3 nitrogen and oxygen atoms in total. The summed E-state index contributed by atoms with van der Waals surface area (Å²) in [6.45, 7) is 0. The van der Waals surface area contributed by atoms with E-state index in [1.807, 2.05) is 18.2 Å². The Balaban J connectivity index is 2.09. The summed E-state index contributed by atoms with van der Waals surface area (Å²) in [6, 6.07) is 12.8. The van der Waals surface area contributed by atoms with Crippen LogP contribution in [0.4, 0.5) is 0 Å². The molecule has 0 fully saturated rings. The third-order valence-corrected chi connectivity index (χ3v) is 4.99. The molecule has 5 heteroatoms. The standard InChI is InChI=1S/C13H10O3S2/c14-18(15,16)11-5-6-13-10(8-11)7-9-3-1-2-4-12(9)17-13/h1-6,8H,7H2,(H,14,15,16). The van der Waals surface area contributed by atoms with Gasteiger partial charge in [-0.15, -0.1) is 0 Å². The van der Waals surface area contributed by atoms with Crippen LogP contribution in [0.2, 0.25) is 0 Å². The van der Waals surface area contributed by atoms with Gasteiger partial charge in [-0.1, -0.05) is 30.0 Å². The predicted octanol–water partition coefficient (Wildman–Crippen LogP) is 2.99. The minimum atomic E-state index is -4.12. The maximum Gasteiger partial charge on any atom is 0.294 e. The fraction of sp³-hybridized carbons (Fsp3) is 0.0769. The van der Waals surface area contributed by atoms with Crippen LogP contribution in [0.25, 0.3) is 0 Å². The van der Waals surface area contributed by atoms with E-state index < -0.39 is 10.1 Å². The third-order valence-electron chi connectivity index (χ3n) is 2.90. The van der Waals surface area contributed by atoms with E-state index in [0.717, 1.165) is 10.5 Å². The van der Waals surface area contributed by atoms with Gasteiger partial charge in [-0.2, -0.15) is 8.42 Å². The maximum absolute atomic E-state index is 11.1. The van der Waals surface area contributed by atoms with Crippen LogP contribution in [0.15, 0.2) is 57.2 Å². The molecule has 0 aromatic heterocycles. The molecule has 3 rings (SSSR count). The molecule has 1 aliphatic rings. The molecule has 0 unspecified atom stereocenters. The van der Waals surface area contributed by atoms with Gasteiger partial charge in [0, 0.05) is 9.79 Å². The van der Waals surface area contributed by atoms with E-state index in [9.17, 15) is 8.42 Å². The van der Waals surface area contributed by atoms with Crippen molar-refractivity contribution in [3.63, 3.8) is 0 Å². The lowest BCUT2D eigenvalue weighted by Gasteiger charge is -2.18.